The Morgan fingerprint density at radius 3 is 2.86 bits per heavy atom. The third-order valence-corrected chi connectivity index (χ3v) is 3.61. The van der Waals surface area contributed by atoms with Crippen LogP contribution in [0, 0.1) is 0 Å². The van der Waals surface area contributed by atoms with E-state index in [0.29, 0.717) is 31.7 Å². The molecule has 1 aromatic heterocycles. The second-order valence-electron chi connectivity index (χ2n) is 5.00. The van der Waals surface area contributed by atoms with Crippen LogP contribution >= 0.6 is 0 Å². The Kier molecular flexibility index (Phi) is 5.19. The van der Waals surface area contributed by atoms with Crippen molar-refractivity contribution >= 4 is 17.8 Å². The number of imidazole rings is 1. The zero-order valence-corrected chi connectivity index (χ0v) is 12.7. The Morgan fingerprint density at radius 1 is 1.43 bits per heavy atom. The van der Waals surface area contributed by atoms with Crippen LogP contribution in [0.2, 0.25) is 0 Å². The first-order valence-electron chi connectivity index (χ1n) is 7.52. The van der Waals surface area contributed by atoms with E-state index < -0.39 is 0 Å². The molecule has 0 aliphatic carbocycles. The maximum absolute atomic E-state index is 12.0. The molecule has 0 fully saturated rings. The van der Waals surface area contributed by atoms with Gasteiger partial charge >= 0.3 is 0 Å². The summed E-state index contributed by atoms with van der Waals surface area (Å²) in [6, 6.07) is 0. The molecule has 1 aliphatic heterocycles. The predicted octanol–water partition coefficient (Wildman–Crippen LogP) is 0.687. The summed E-state index contributed by atoms with van der Waals surface area (Å²) in [5.41, 5.74) is 0.398. The summed E-state index contributed by atoms with van der Waals surface area (Å²) in [5.74, 6) is 0.572. The molecule has 0 unspecified atom stereocenters. The molecule has 0 saturated carbocycles. The van der Waals surface area contributed by atoms with E-state index in [1.165, 1.54) is 0 Å². The van der Waals surface area contributed by atoms with E-state index in [2.05, 4.69) is 15.6 Å². The Bertz CT molecular complexity index is 484. The number of carbonyl (C=O) groups is 2. The van der Waals surface area contributed by atoms with Crippen LogP contribution in [0.4, 0.5) is 5.95 Å². The number of hydrogen-bond donors (Lipinski definition) is 2. The molecule has 7 nitrogen and oxygen atoms in total. The third-order valence-electron chi connectivity index (χ3n) is 3.61. The first-order chi connectivity index (χ1) is 10.2. The predicted molar refractivity (Wildman–Crippen MR) is 80.2 cm³/mol. The highest BCUT2D eigenvalue weighted by Gasteiger charge is 2.16. The number of aryl methyl sites for hydroxylation is 1. The van der Waals surface area contributed by atoms with Crippen LogP contribution in [-0.4, -0.2) is 52.4 Å². The number of fused-ring (bicyclic) bond motifs is 1. The van der Waals surface area contributed by atoms with Crippen LogP contribution in [0.1, 0.15) is 37.2 Å². The molecule has 0 saturated heterocycles. The quantitative estimate of drug-likeness (QED) is 0.808. The molecule has 0 bridgehead atoms. The van der Waals surface area contributed by atoms with E-state index >= 15 is 0 Å². The van der Waals surface area contributed by atoms with E-state index in [-0.39, 0.29) is 11.8 Å². The molecular weight excluding hydrogens is 270 g/mol. The third kappa shape index (κ3) is 3.74. The fourth-order valence-corrected chi connectivity index (χ4v) is 2.39. The minimum Gasteiger partial charge on any atom is -0.356 e. The SMILES string of the molecule is CCN(CC)C(=O)CCNC(=O)c1cn2c(n1)NCCC2. The lowest BCUT2D eigenvalue weighted by Gasteiger charge is -2.18. The molecule has 2 amide bonds. The smallest absolute Gasteiger partial charge is 0.271 e. The van der Waals surface area contributed by atoms with Gasteiger partial charge in [-0.1, -0.05) is 0 Å². The molecule has 21 heavy (non-hydrogen) atoms. The maximum Gasteiger partial charge on any atom is 0.271 e. The first-order valence-corrected chi connectivity index (χ1v) is 7.52. The van der Waals surface area contributed by atoms with Crippen molar-refractivity contribution in [1.82, 2.24) is 19.8 Å². The molecule has 1 aromatic rings. The number of nitrogens with zero attached hydrogens (tertiary/aromatic N) is 3. The fourth-order valence-electron chi connectivity index (χ4n) is 2.39. The summed E-state index contributed by atoms with van der Waals surface area (Å²) >= 11 is 0. The van der Waals surface area contributed by atoms with Gasteiger partial charge in [0.25, 0.3) is 5.91 Å². The summed E-state index contributed by atoms with van der Waals surface area (Å²) in [7, 11) is 0. The number of amides is 2. The van der Waals surface area contributed by atoms with Crippen LogP contribution in [0.15, 0.2) is 6.20 Å². The normalized spacial score (nSPS) is 13.2. The van der Waals surface area contributed by atoms with E-state index in [1.807, 2.05) is 18.4 Å². The maximum atomic E-state index is 12.0. The van der Waals surface area contributed by atoms with Gasteiger partial charge in [0.1, 0.15) is 5.69 Å². The van der Waals surface area contributed by atoms with E-state index in [1.54, 1.807) is 11.1 Å². The second kappa shape index (κ2) is 7.10. The minimum absolute atomic E-state index is 0.0612. The summed E-state index contributed by atoms with van der Waals surface area (Å²) in [6.45, 7) is 7.39. The lowest BCUT2D eigenvalue weighted by molar-refractivity contribution is -0.130. The second-order valence-corrected chi connectivity index (χ2v) is 5.00. The van der Waals surface area contributed by atoms with Crippen molar-refractivity contribution in [2.75, 3.05) is 31.5 Å². The van der Waals surface area contributed by atoms with Crippen LogP contribution in [-0.2, 0) is 11.3 Å². The monoisotopic (exact) mass is 293 g/mol. The van der Waals surface area contributed by atoms with E-state index in [9.17, 15) is 9.59 Å². The molecule has 116 valence electrons. The topological polar surface area (TPSA) is 79.3 Å². The van der Waals surface area contributed by atoms with Gasteiger partial charge in [0, 0.05) is 45.3 Å². The fraction of sp³-hybridized carbons (Fsp3) is 0.643. The molecule has 0 radical (unpaired) electrons. The highest BCUT2D eigenvalue weighted by molar-refractivity contribution is 5.92. The van der Waals surface area contributed by atoms with Crippen LogP contribution in [0.3, 0.4) is 0 Å². The molecule has 2 N–H and O–H groups in total. The lowest BCUT2D eigenvalue weighted by atomic mass is 10.3. The van der Waals surface area contributed by atoms with Crippen molar-refractivity contribution < 1.29 is 9.59 Å². The van der Waals surface area contributed by atoms with Gasteiger partial charge in [-0.2, -0.15) is 0 Å². The summed E-state index contributed by atoms with van der Waals surface area (Å²) in [6.07, 6.45) is 3.10. The minimum atomic E-state index is -0.231. The van der Waals surface area contributed by atoms with Crippen molar-refractivity contribution in [3.63, 3.8) is 0 Å². The highest BCUT2D eigenvalue weighted by Crippen LogP contribution is 2.13. The van der Waals surface area contributed by atoms with Crippen LogP contribution < -0.4 is 10.6 Å². The van der Waals surface area contributed by atoms with Gasteiger partial charge in [0.2, 0.25) is 11.9 Å². The average molecular weight is 293 g/mol. The molecule has 0 spiro atoms. The number of carbonyl (C=O) groups excluding carboxylic acids is 2. The first kappa shape index (κ1) is 15.3. The van der Waals surface area contributed by atoms with Crippen LogP contribution in [0.25, 0.3) is 0 Å². The zero-order chi connectivity index (χ0) is 15.2. The number of nitrogens with one attached hydrogen (secondary N) is 2. The molecule has 7 heteroatoms. The molecule has 2 rings (SSSR count). The summed E-state index contributed by atoms with van der Waals surface area (Å²) < 4.78 is 1.94. The highest BCUT2D eigenvalue weighted by atomic mass is 16.2. The van der Waals surface area contributed by atoms with Crippen LogP contribution in [0.5, 0.6) is 0 Å². The summed E-state index contributed by atoms with van der Waals surface area (Å²) in [4.78, 5) is 29.9. The van der Waals surface area contributed by atoms with Gasteiger partial charge in [0.15, 0.2) is 0 Å². The zero-order valence-electron chi connectivity index (χ0n) is 12.7. The number of hydrogen-bond acceptors (Lipinski definition) is 4. The largest absolute Gasteiger partial charge is 0.356 e. The van der Waals surface area contributed by atoms with Crippen molar-refractivity contribution in [2.45, 2.75) is 33.2 Å². The number of aromatic nitrogens is 2. The Labute approximate surface area is 124 Å². The van der Waals surface area contributed by atoms with Crippen molar-refractivity contribution in [3.8, 4) is 0 Å². The van der Waals surface area contributed by atoms with Gasteiger partial charge < -0.3 is 20.1 Å². The van der Waals surface area contributed by atoms with E-state index in [0.717, 1.165) is 25.5 Å². The van der Waals surface area contributed by atoms with E-state index in [4.69, 9.17) is 0 Å². The van der Waals surface area contributed by atoms with Gasteiger partial charge in [0.05, 0.1) is 0 Å². The van der Waals surface area contributed by atoms with Gasteiger partial charge in [-0.15, -0.1) is 0 Å². The average Bonchev–Trinajstić information content (AvgIpc) is 2.92. The molecule has 0 atom stereocenters. The standard InChI is InChI=1S/C14H23N5O2/c1-3-18(4-2)12(20)6-8-15-13(21)11-10-19-9-5-7-16-14(19)17-11/h10H,3-9H2,1-2H3,(H,15,21)(H,16,17). The molecule has 0 aromatic carbocycles. The van der Waals surface area contributed by atoms with Gasteiger partial charge in [-0.25, -0.2) is 4.98 Å². The number of rotatable bonds is 6. The Hall–Kier alpha value is -2.05. The van der Waals surface area contributed by atoms with Gasteiger partial charge in [-0.05, 0) is 20.3 Å². The molecule has 1 aliphatic rings. The lowest BCUT2D eigenvalue weighted by Crippen LogP contribution is -2.34. The van der Waals surface area contributed by atoms with Gasteiger partial charge in [-0.3, -0.25) is 9.59 Å². The Balaban J connectivity index is 1.82. The van der Waals surface area contributed by atoms with Crippen molar-refractivity contribution in [2.24, 2.45) is 0 Å². The molecular formula is C14H23N5O2. The van der Waals surface area contributed by atoms with Crippen molar-refractivity contribution in [1.29, 1.82) is 0 Å². The molecule has 2 heterocycles. The van der Waals surface area contributed by atoms with Crippen molar-refractivity contribution in [3.05, 3.63) is 11.9 Å². The summed E-state index contributed by atoms with van der Waals surface area (Å²) in [5, 5.41) is 5.91. The number of anilines is 1. The Morgan fingerprint density at radius 2 is 2.19 bits per heavy atom.